The third kappa shape index (κ3) is 5.29. The van der Waals surface area contributed by atoms with Crippen LogP contribution in [-0.2, 0) is 11.2 Å². The highest BCUT2D eigenvalue weighted by Gasteiger charge is 2.23. The van der Waals surface area contributed by atoms with Crippen molar-refractivity contribution in [1.29, 1.82) is 0 Å². The molecule has 1 aromatic heterocycles. The van der Waals surface area contributed by atoms with Gasteiger partial charge in [-0.1, -0.05) is 12.1 Å². The highest BCUT2D eigenvalue weighted by molar-refractivity contribution is 5.89. The zero-order valence-electron chi connectivity index (χ0n) is 15.9. The smallest absolute Gasteiger partial charge is 0.319 e. The van der Waals surface area contributed by atoms with Crippen LogP contribution in [0.15, 0.2) is 30.6 Å². The summed E-state index contributed by atoms with van der Waals surface area (Å²) in [6.45, 7) is 5.93. The van der Waals surface area contributed by atoms with Crippen LogP contribution in [0, 0.1) is 0 Å². The minimum absolute atomic E-state index is 0.0408. The van der Waals surface area contributed by atoms with Gasteiger partial charge in [0.15, 0.2) is 5.82 Å². The van der Waals surface area contributed by atoms with Gasteiger partial charge in [-0.15, -0.1) is 10.2 Å². The van der Waals surface area contributed by atoms with Crippen LogP contribution in [0.25, 0.3) is 0 Å². The normalized spacial score (nSPS) is 14.7. The quantitative estimate of drug-likeness (QED) is 0.697. The lowest BCUT2D eigenvalue weighted by Gasteiger charge is -2.17. The maximum atomic E-state index is 12.2. The zero-order chi connectivity index (χ0) is 19.4. The number of benzene rings is 1. The number of nitrogens with one attached hydrogen (secondary N) is 3. The fraction of sp³-hybridized carbons (Fsp3) is 0.474. The fourth-order valence-electron chi connectivity index (χ4n) is 2.79. The number of nitrogens with zero attached hydrogens (tertiary/aromatic N) is 3. The molecule has 1 saturated carbocycles. The first-order valence-corrected chi connectivity index (χ1v) is 9.27. The average Bonchev–Trinajstić information content (AvgIpc) is 3.26. The maximum Gasteiger partial charge on any atom is 0.319 e. The van der Waals surface area contributed by atoms with E-state index in [1.165, 1.54) is 0 Å². The van der Waals surface area contributed by atoms with Crippen LogP contribution in [0.1, 0.15) is 57.1 Å². The summed E-state index contributed by atoms with van der Waals surface area (Å²) in [5.74, 6) is 0.746. The summed E-state index contributed by atoms with van der Waals surface area (Å²) >= 11 is 0. The van der Waals surface area contributed by atoms with Crippen molar-refractivity contribution < 1.29 is 9.59 Å². The summed E-state index contributed by atoms with van der Waals surface area (Å²) in [5, 5.41) is 16.6. The van der Waals surface area contributed by atoms with Gasteiger partial charge in [0, 0.05) is 17.8 Å². The Hall–Kier alpha value is -2.90. The summed E-state index contributed by atoms with van der Waals surface area (Å²) in [6.07, 6.45) is 4.17. The van der Waals surface area contributed by atoms with Crippen molar-refractivity contribution >= 4 is 17.6 Å². The van der Waals surface area contributed by atoms with Crippen molar-refractivity contribution in [2.24, 2.45) is 0 Å². The molecule has 0 bridgehead atoms. The third-order valence-corrected chi connectivity index (χ3v) is 4.41. The van der Waals surface area contributed by atoms with Crippen molar-refractivity contribution in [3.8, 4) is 0 Å². The summed E-state index contributed by atoms with van der Waals surface area (Å²) < 4.78 is 1.92. The Morgan fingerprint density at radius 3 is 2.52 bits per heavy atom. The zero-order valence-corrected chi connectivity index (χ0v) is 15.9. The van der Waals surface area contributed by atoms with E-state index >= 15 is 0 Å². The number of rotatable bonds is 7. The van der Waals surface area contributed by atoms with Gasteiger partial charge in [-0.3, -0.25) is 4.79 Å². The number of urea groups is 1. The molecule has 0 spiro atoms. The first-order valence-electron chi connectivity index (χ1n) is 9.27. The van der Waals surface area contributed by atoms with Crippen molar-refractivity contribution in [1.82, 2.24) is 25.4 Å². The number of amides is 3. The predicted octanol–water partition coefficient (Wildman–Crippen LogP) is 2.56. The van der Waals surface area contributed by atoms with Crippen molar-refractivity contribution in [3.05, 3.63) is 42.0 Å². The van der Waals surface area contributed by atoms with Crippen molar-refractivity contribution in [3.63, 3.8) is 0 Å². The van der Waals surface area contributed by atoms with Gasteiger partial charge >= 0.3 is 6.03 Å². The maximum absolute atomic E-state index is 12.2. The highest BCUT2D eigenvalue weighted by Crippen LogP contribution is 2.19. The van der Waals surface area contributed by atoms with E-state index in [1.54, 1.807) is 18.5 Å². The van der Waals surface area contributed by atoms with Crippen LogP contribution < -0.4 is 16.0 Å². The number of hydrogen-bond donors (Lipinski definition) is 3. The van der Waals surface area contributed by atoms with E-state index in [4.69, 9.17) is 0 Å². The molecule has 8 heteroatoms. The third-order valence-electron chi connectivity index (χ3n) is 4.41. The molecule has 3 rings (SSSR count). The van der Waals surface area contributed by atoms with Gasteiger partial charge in [-0.25, -0.2) is 4.79 Å². The summed E-state index contributed by atoms with van der Waals surface area (Å²) in [7, 11) is 0. The number of anilines is 1. The molecule has 0 saturated heterocycles. The van der Waals surface area contributed by atoms with Crippen molar-refractivity contribution in [2.45, 2.75) is 58.2 Å². The molecular formula is C19H26N6O2. The van der Waals surface area contributed by atoms with Crippen LogP contribution in [0.5, 0.6) is 0 Å². The van der Waals surface area contributed by atoms with E-state index in [2.05, 4.69) is 26.1 Å². The first-order chi connectivity index (χ1) is 12.9. The Bertz CT molecular complexity index is 795. The SMILES string of the molecule is CC(NC(=O)Nc1ccc(CC(=O)NC2CC2)cc1)c1nncn1C(C)C. The standard InChI is InChI=1S/C19H26N6O2/c1-12(2)25-11-20-24-18(25)13(3)21-19(27)23-16-6-4-14(5-7-16)10-17(26)22-15-8-9-15/h4-7,11-13,15H,8-10H2,1-3H3,(H,22,26)(H2,21,23,27). The molecule has 2 aromatic rings. The monoisotopic (exact) mass is 370 g/mol. The van der Waals surface area contributed by atoms with Gasteiger partial charge in [0.2, 0.25) is 5.91 Å². The van der Waals surface area contributed by atoms with Gasteiger partial charge in [-0.05, 0) is 51.3 Å². The number of hydrogen-bond acceptors (Lipinski definition) is 4. The summed E-state index contributed by atoms with van der Waals surface area (Å²) in [5.41, 5.74) is 1.58. The second kappa shape index (κ2) is 8.20. The topological polar surface area (TPSA) is 101 Å². The minimum Gasteiger partial charge on any atom is -0.353 e. The first kappa shape index (κ1) is 18.9. The van der Waals surface area contributed by atoms with Crippen molar-refractivity contribution in [2.75, 3.05) is 5.32 Å². The number of carbonyl (C=O) groups is 2. The summed E-state index contributed by atoms with van der Waals surface area (Å²) in [4.78, 5) is 24.1. The van der Waals surface area contributed by atoms with Gasteiger partial charge in [0.25, 0.3) is 0 Å². The molecule has 8 nitrogen and oxygen atoms in total. The second-order valence-corrected chi connectivity index (χ2v) is 7.23. The molecule has 0 radical (unpaired) electrons. The van der Waals surface area contributed by atoms with Crippen LogP contribution in [0.3, 0.4) is 0 Å². The van der Waals surface area contributed by atoms with Crippen LogP contribution in [0.4, 0.5) is 10.5 Å². The molecule has 1 heterocycles. The molecule has 1 unspecified atom stereocenters. The van der Waals surface area contributed by atoms with Gasteiger partial charge < -0.3 is 20.5 Å². The molecule has 0 aliphatic heterocycles. The lowest BCUT2D eigenvalue weighted by atomic mass is 10.1. The Morgan fingerprint density at radius 1 is 1.19 bits per heavy atom. The molecule has 1 aliphatic carbocycles. The molecule has 144 valence electrons. The van der Waals surface area contributed by atoms with E-state index in [1.807, 2.05) is 37.5 Å². The van der Waals surface area contributed by atoms with E-state index in [9.17, 15) is 9.59 Å². The van der Waals surface area contributed by atoms with E-state index in [-0.39, 0.29) is 24.0 Å². The molecule has 1 atom stereocenters. The molecular weight excluding hydrogens is 344 g/mol. The van der Waals surface area contributed by atoms with Gasteiger partial charge in [-0.2, -0.15) is 0 Å². The average molecular weight is 370 g/mol. The molecule has 1 aliphatic rings. The molecule has 27 heavy (non-hydrogen) atoms. The minimum atomic E-state index is -0.319. The number of aromatic nitrogens is 3. The Labute approximate surface area is 158 Å². The van der Waals surface area contributed by atoms with E-state index in [0.29, 0.717) is 24.0 Å². The largest absolute Gasteiger partial charge is 0.353 e. The molecule has 1 fully saturated rings. The highest BCUT2D eigenvalue weighted by atomic mass is 16.2. The predicted molar refractivity (Wildman–Crippen MR) is 102 cm³/mol. The Morgan fingerprint density at radius 2 is 1.89 bits per heavy atom. The second-order valence-electron chi connectivity index (χ2n) is 7.23. The van der Waals surface area contributed by atoms with Crippen LogP contribution in [0.2, 0.25) is 0 Å². The van der Waals surface area contributed by atoms with Crippen LogP contribution >= 0.6 is 0 Å². The van der Waals surface area contributed by atoms with Crippen LogP contribution in [-0.4, -0.2) is 32.7 Å². The fourth-order valence-corrected chi connectivity index (χ4v) is 2.79. The Balaban J connectivity index is 1.51. The van der Waals surface area contributed by atoms with E-state index < -0.39 is 0 Å². The lowest BCUT2D eigenvalue weighted by Crippen LogP contribution is -2.32. The molecule has 3 N–H and O–H groups in total. The van der Waals surface area contributed by atoms with E-state index in [0.717, 1.165) is 18.4 Å². The van der Waals surface area contributed by atoms with Gasteiger partial charge in [0.05, 0.1) is 12.5 Å². The molecule has 3 amide bonds. The Kier molecular flexibility index (Phi) is 5.73. The molecule has 1 aromatic carbocycles. The summed E-state index contributed by atoms with van der Waals surface area (Å²) in [6, 6.07) is 7.26. The van der Waals surface area contributed by atoms with Gasteiger partial charge in [0.1, 0.15) is 6.33 Å². The number of carbonyl (C=O) groups excluding carboxylic acids is 2. The lowest BCUT2D eigenvalue weighted by molar-refractivity contribution is -0.120.